The van der Waals surface area contributed by atoms with E-state index in [9.17, 15) is 14.7 Å². The molecule has 2 aromatic carbocycles. The monoisotopic (exact) mass is 409 g/mol. The average molecular weight is 409 g/mol. The molecular formula is C22H19NO7. The van der Waals surface area contributed by atoms with Gasteiger partial charge in [-0.25, -0.2) is 9.59 Å². The molecule has 0 spiro atoms. The van der Waals surface area contributed by atoms with Gasteiger partial charge < -0.3 is 23.8 Å². The number of benzene rings is 2. The molecule has 154 valence electrons. The van der Waals surface area contributed by atoms with Gasteiger partial charge in [0.1, 0.15) is 23.7 Å². The number of rotatable bonds is 7. The van der Waals surface area contributed by atoms with Crippen LogP contribution in [-0.4, -0.2) is 43.0 Å². The fourth-order valence-corrected chi connectivity index (χ4v) is 2.68. The maximum Gasteiger partial charge on any atom is 0.360 e. The molecule has 0 aliphatic carbocycles. The smallest absolute Gasteiger partial charge is 0.360 e. The first-order chi connectivity index (χ1) is 14.5. The van der Waals surface area contributed by atoms with Gasteiger partial charge in [0.2, 0.25) is 0 Å². The number of phenolic OH excluding ortho intramolecular Hbond substituents is 1. The Labute approximate surface area is 172 Å². The number of hydrogen-bond acceptors (Lipinski definition) is 8. The SMILES string of the molecule is COC(=O)c1cc(-c2cccc(/C=C/COc3cccc(O)c3C(=O)OC)c2)on1. The molecule has 0 aliphatic heterocycles. The van der Waals surface area contributed by atoms with E-state index in [0.717, 1.165) is 11.1 Å². The van der Waals surface area contributed by atoms with Crippen molar-refractivity contribution >= 4 is 18.0 Å². The predicted octanol–water partition coefficient (Wildman–Crippen LogP) is 3.71. The van der Waals surface area contributed by atoms with Crippen LogP contribution in [0.25, 0.3) is 17.4 Å². The van der Waals surface area contributed by atoms with Crippen molar-refractivity contribution in [2.75, 3.05) is 20.8 Å². The first-order valence-corrected chi connectivity index (χ1v) is 8.88. The van der Waals surface area contributed by atoms with E-state index in [2.05, 4.69) is 14.6 Å². The number of hydrogen-bond donors (Lipinski definition) is 1. The second-order valence-corrected chi connectivity index (χ2v) is 6.05. The molecule has 8 heteroatoms. The number of methoxy groups -OCH3 is 2. The van der Waals surface area contributed by atoms with Crippen LogP contribution < -0.4 is 4.74 Å². The summed E-state index contributed by atoms with van der Waals surface area (Å²) in [5.41, 5.74) is 1.66. The Kier molecular flexibility index (Phi) is 6.49. The third-order valence-electron chi connectivity index (χ3n) is 4.11. The van der Waals surface area contributed by atoms with E-state index in [1.807, 2.05) is 30.3 Å². The van der Waals surface area contributed by atoms with Crippen LogP contribution in [0.2, 0.25) is 0 Å². The van der Waals surface area contributed by atoms with E-state index in [1.54, 1.807) is 18.2 Å². The maximum atomic E-state index is 11.8. The summed E-state index contributed by atoms with van der Waals surface area (Å²) in [5, 5.41) is 13.6. The van der Waals surface area contributed by atoms with Crippen LogP contribution in [0, 0.1) is 0 Å². The Morgan fingerprint density at radius 2 is 1.83 bits per heavy atom. The summed E-state index contributed by atoms with van der Waals surface area (Å²) in [6, 6.07) is 13.4. The van der Waals surface area contributed by atoms with E-state index < -0.39 is 11.9 Å². The standard InChI is InChI=1S/C22H19NO7/c1-27-21(25)16-13-19(30-23-16)15-8-3-6-14(12-15)7-5-11-29-18-10-4-9-17(24)20(18)22(26)28-2/h3-10,12-13,24H,11H2,1-2H3/b7-5+. The number of carbonyl (C=O) groups is 2. The van der Waals surface area contributed by atoms with Gasteiger partial charge in [0.05, 0.1) is 14.2 Å². The van der Waals surface area contributed by atoms with E-state index in [1.165, 1.54) is 26.4 Å². The summed E-state index contributed by atoms with van der Waals surface area (Å²) in [5.74, 6) is -0.814. The van der Waals surface area contributed by atoms with Crippen LogP contribution >= 0.6 is 0 Å². The van der Waals surface area contributed by atoms with Crippen LogP contribution in [0.5, 0.6) is 11.5 Å². The molecular weight excluding hydrogens is 390 g/mol. The van der Waals surface area contributed by atoms with Crippen molar-refractivity contribution in [1.82, 2.24) is 5.16 Å². The minimum Gasteiger partial charge on any atom is -0.507 e. The van der Waals surface area contributed by atoms with Crippen molar-refractivity contribution in [1.29, 1.82) is 0 Å². The third kappa shape index (κ3) is 4.67. The molecule has 8 nitrogen and oxygen atoms in total. The van der Waals surface area contributed by atoms with Gasteiger partial charge in [-0.15, -0.1) is 0 Å². The van der Waals surface area contributed by atoms with Crippen LogP contribution in [-0.2, 0) is 9.47 Å². The highest BCUT2D eigenvalue weighted by molar-refractivity contribution is 5.95. The lowest BCUT2D eigenvalue weighted by Gasteiger charge is -2.09. The lowest BCUT2D eigenvalue weighted by Crippen LogP contribution is -2.06. The van der Waals surface area contributed by atoms with Crippen LogP contribution in [0.15, 0.2) is 59.1 Å². The number of nitrogens with zero attached hydrogens (tertiary/aromatic N) is 1. The number of aromatic hydroxyl groups is 1. The highest BCUT2D eigenvalue weighted by Gasteiger charge is 2.17. The van der Waals surface area contributed by atoms with Gasteiger partial charge in [-0.3, -0.25) is 0 Å². The Morgan fingerprint density at radius 1 is 1.07 bits per heavy atom. The van der Waals surface area contributed by atoms with Gasteiger partial charge in [0, 0.05) is 11.6 Å². The second kappa shape index (κ2) is 9.42. The molecule has 1 aromatic heterocycles. The lowest BCUT2D eigenvalue weighted by atomic mass is 10.1. The molecule has 0 bridgehead atoms. The molecule has 1 N–H and O–H groups in total. The fourth-order valence-electron chi connectivity index (χ4n) is 2.68. The van der Waals surface area contributed by atoms with E-state index in [4.69, 9.17) is 9.26 Å². The van der Waals surface area contributed by atoms with Crippen LogP contribution in [0.1, 0.15) is 26.4 Å². The number of carbonyl (C=O) groups excluding carboxylic acids is 2. The topological polar surface area (TPSA) is 108 Å². The van der Waals surface area contributed by atoms with Crippen LogP contribution in [0.3, 0.4) is 0 Å². The minimum atomic E-state index is -0.682. The van der Waals surface area contributed by atoms with Gasteiger partial charge in [-0.1, -0.05) is 35.5 Å². The molecule has 0 amide bonds. The Balaban J connectivity index is 1.69. The molecule has 1 heterocycles. The zero-order valence-corrected chi connectivity index (χ0v) is 16.3. The normalized spacial score (nSPS) is 10.7. The summed E-state index contributed by atoms with van der Waals surface area (Å²) < 4.78 is 20.1. The average Bonchev–Trinajstić information content (AvgIpc) is 3.26. The zero-order chi connectivity index (χ0) is 21.5. The van der Waals surface area contributed by atoms with Crippen molar-refractivity contribution < 1.29 is 33.4 Å². The molecule has 0 atom stereocenters. The number of ether oxygens (including phenoxy) is 3. The van der Waals surface area contributed by atoms with Gasteiger partial charge in [-0.05, 0) is 29.8 Å². The Morgan fingerprint density at radius 3 is 2.60 bits per heavy atom. The number of aromatic nitrogens is 1. The lowest BCUT2D eigenvalue weighted by molar-refractivity contribution is 0.0581. The quantitative estimate of drug-likeness (QED) is 0.589. The number of phenols is 1. The molecule has 0 fully saturated rings. The zero-order valence-electron chi connectivity index (χ0n) is 16.3. The van der Waals surface area contributed by atoms with E-state index in [-0.39, 0.29) is 29.4 Å². The molecule has 30 heavy (non-hydrogen) atoms. The maximum absolute atomic E-state index is 11.8. The molecule has 0 saturated carbocycles. The number of esters is 2. The predicted molar refractivity (Wildman–Crippen MR) is 107 cm³/mol. The van der Waals surface area contributed by atoms with Crippen molar-refractivity contribution in [3.63, 3.8) is 0 Å². The molecule has 0 unspecified atom stereocenters. The Bertz CT molecular complexity index is 1080. The summed E-state index contributed by atoms with van der Waals surface area (Å²) in [7, 11) is 2.50. The van der Waals surface area contributed by atoms with Gasteiger partial charge >= 0.3 is 11.9 Å². The Hall–Kier alpha value is -4.07. The van der Waals surface area contributed by atoms with Crippen molar-refractivity contribution in [2.45, 2.75) is 0 Å². The van der Waals surface area contributed by atoms with Gasteiger partial charge in [0.25, 0.3) is 0 Å². The molecule has 0 radical (unpaired) electrons. The summed E-state index contributed by atoms with van der Waals surface area (Å²) >= 11 is 0. The molecule has 3 rings (SSSR count). The molecule has 0 aliphatic rings. The van der Waals surface area contributed by atoms with E-state index in [0.29, 0.717) is 5.76 Å². The first-order valence-electron chi connectivity index (χ1n) is 8.88. The van der Waals surface area contributed by atoms with Gasteiger partial charge in [-0.2, -0.15) is 0 Å². The summed E-state index contributed by atoms with van der Waals surface area (Å²) in [6.45, 7) is 0.159. The van der Waals surface area contributed by atoms with Gasteiger partial charge in [0.15, 0.2) is 11.5 Å². The molecule has 3 aromatic rings. The van der Waals surface area contributed by atoms with Crippen molar-refractivity contribution in [2.24, 2.45) is 0 Å². The first kappa shape index (κ1) is 20.7. The summed E-state index contributed by atoms with van der Waals surface area (Å²) in [4.78, 5) is 23.3. The minimum absolute atomic E-state index is 0.0258. The van der Waals surface area contributed by atoms with Crippen molar-refractivity contribution in [3.8, 4) is 22.8 Å². The highest BCUT2D eigenvalue weighted by Crippen LogP contribution is 2.28. The second-order valence-electron chi connectivity index (χ2n) is 6.05. The molecule has 0 saturated heterocycles. The van der Waals surface area contributed by atoms with Crippen molar-refractivity contribution in [3.05, 3.63) is 71.4 Å². The highest BCUT2D eigenvalue weighted by atomic mass is 16.5. The summed E-state index contributed by atoms with van der Waals surface area (Å²) in [6.07, 6.45) is 3.58. The fraction of sp³-hybridized carbons (Fsp3) is 0.136. The van der Waals surface area contributed by atoms with E-state index >= 15 is 0 Å². The van der Waals surface area contributed by atoms with Crippen LogP contribution in [0.4, 0.5) is 0 Å². The largest absolute Gasteiger partial charge is 0.507 e. The third-order valence-corrected chi connectivity index (χ3v) is 4.11.